The zero-order valence-corrected chi connectivity index (χ0v) is 11.3. The molecule has 0 N–H and O–H groups in total. The molecule has 0 amide bonds. The van der Waals surface area contributed by atoms with Crippen molar-refractivity contribution in [3.63, 3.8) is 0 Å². The summed E-state index contributed by atoms with van der Waals surface area (Å²) in [5, 5.41) is 0. The Labute approximate surface area is 112 Å². The minimum absolute atomic E-state index is 0.0764. The molecule has 1 fully saturated rings. The van der Waals surface area contributed by atoms with Crippen molar-refractivity contribution in [2.75, 3.05) is 20.2 Å². The number of nitrogens with zero attached hydrogens (tertiary/aromatic N) is 2. The summed E-state index contributed by atoms with van der Waals surface area (Å²) in [6.45, 7) is 2.81. The van der Waals surface area contributed by atoms with Crippen molar-refractivity contribution in [1.82, 2.24) is 9.88 Å². The maximum absolute atomic E-state index is 13.7. The number of likely N-dealkylation sites (tertiary alicyclic amines) is 1. The molecule has 104 valence electrons. The minimum Gasteiger partial charge on any atom is -0.467 e. The van der Waals surface area contributed by atoms with Crippen LogP contribution in [-0.2, 0) is 9.53 Å². The van der Waals surface area contributed by atoms with E-state index in [-0.39, 0.29) is 12.6 Å². The van der Waals surface area contributed by atoms with E-state index in [4.69, 9.17) is 0 Å². The monoisotopic (exact) mass is 266 g/mol. The fourth-order valence-corrected chi connectivity index (χ4v) is 2.54. The molecule has 1 aliphatic rings. The number of ether oxygens (including phenoxy) is 1. The largest absolute Gasteiger partial charge is 0.467 e. The van der Waals surface area contributed by atoms with Gasteiger partial charge in [-0.2, -0.15) is 0 Å². The van der Waals surface area contributed by atoms with Crippen molar-refractivity contribution in [2.24, 2.45) is 0 Å². The topological polar surface area (TPSA) is 42.4 Å². The zero-order valence-electron chi connectivity index (χ0n) is 11.3. The highest BCUT2D eigenvalue weighted by Crippen LogP contribution is 2.31. The molecular formula is C14H19FN2O2. The summed E-state index contributed by atoms with van der Waals surface area (Å²) in [6.07, 6.45) is 0.355. The average molecular weight is 266 g/mol. The third-order valence-corrected chi connectivity index (χ3v) is 3.47. The van der Waals surface area contributed by atoms with Gasteiger partial charge in [-0.1, -0.05) is 6.07 Å². The van der Waals surface area contributed by atoms with E-state index >= 15 is 0 Å². The van der Waals surface area contributed by atoms with Crippen LogP contribution >= 0.6 is 0 Å². The lowest BCUT2D eigenvalue weighted by molar-refractivity contribution is -0.147. The van der Waals surface area contributed by atoms with E-state index in [9.17, 15) is 9.18 Å². The second kappa shape index (κ2) is 6.10. The summed E-state index contributed by atoms with van der Waals surface area (Å²) in [6, 6.07) is 5.96. The fourth-order valence-electron chi connectivity index (χ4n) is 2.54. The minimum atomic E-state index is -1.59. The molecule has 0 aromatic carbocycles. The summed E-state index contributed by atoms with van der Waals surface area (Å²) in [4.78, 5) is 17.6. The first-order valence-corrected chi connectivity index (χ1v) is 6.51. The Morgan fingerprint density at radius 3 is 3.11 bits per heavy atom. The van der Waals surface area contributed by atoms with Crippen LogP contribution in [0, 0.1) is 6.92 Å². The van der Waals surface area contributed by atoms with Gasteiger partial charge in [0.2, 0.25) is 6.17 Å². The van der Waals surface area contributed by atoms with Crippen LogP contribution in [0.3, 0.4) is 0 Å². The van der Waals surface area contributed by atoms with Crippen LogP contribution in [0.5, 0.6) is 0 Å². The molecule has 2 heterocycles. The summed E-state index contributed by atoms with van der Waals surface area (Å²) in [5.41, 5.74) is 1.91. The van der Waals surface area contributed by atoms with Crippen molar-refractivity contribution in [3.8, 4) is 0 Å². The maximum Gasteiger partial charge on any atom is 0.341 e. The van der Waals surface area contributed by atoms with Gasteiger partial charge < -0.3 is 4.74 Å². The summed E-state index contributed by atoms with van der Waals surface area (Å²) in [7, 11) is 1.21. The first-order chi connectivity index (χ1) is 9.11. The van der Waals surface area contributed by atoms with Gasteiger partial charge in [0.1, 0.15) is 0 Å². The number of esters is 1. The number of carbonyl (C=O) groups excluding carboxylic acids is 1. The Balaban J connectivity index is 2.07. The van der Waals surface area contributed by atoms with Crippen molar-refractivity contribution < 1.29 is 13.9 Å². The summed E-state index contributed by atoms with van der Waals surface area (Å²) < 4.78 is 18.1. The second-order valence-electron chi connectivity index (χ2n) is 4.85. The number of rotatable bonds is 4. The first-order valence-electron chi connectivity index (χ1n) is 6.51. The van der Waals surface area contributed by atoms with Gasteiger partial charge in [0.25, 0.3) is 0 Å². The van der Waals surface area contributed by atoms with Crippen molar-refractivity contribution in [1.29, 1.82) is 0 Å². The third-order valence-electron chi connectivity index (χ3n) is 3.47. The van der Waals surface area contributed by atoms with E-state index in [1.54, 1.807) is 0 Å². The number of aromatic nitrogens is 1. The summed E-state index contributed by atoms with van der Waals surface area (Å²) in [5.74, 6) is -0.803. The number of hydrogen-bond acceptors (Lipinski definition) is 4. The molecule has 4 nitrogen and oxygen atoms in total. The van der Waals surface area contributed by atoms with E-state index < -0.39 is 12.1 Å². The lowest BCUT2D eigenvalue weighted by Gasteiger charge is -2.24. The molecule has 1 aliphatic heterocycles. The van der Waals surface area contributed by atoms with Crippen molar-refractivity contribution in [3.05, 3.63) is 29.6 Å². The molecule has 1 aromatic heterocycles. The van der Waals surface area contributed by atoms with Crippen LogP contribution in [0.2, 0.25) is 0 Å². The molecule has 2 atom stereocenters. The van der Waals surface area contributed by atoms with Crippen LogP contribution in [0.4, 0.5) is 4.39 Å². The second-order valence-corrected chi connectivity index (χ2v) is 4.85. The number of alkyl halides is 1. The van der Waals surface area contributed by atoms with Gasteiger partial charge in [0.15, 0.2) is 0 Å². The Hall–Kier alpha value is -1.49. The Morgan fingerprint density at radius 2 is 2.42 bits per heavy atom. The van der Waals surface area contributed by atoms with Crippen LogP contribution in [0.15, 0.2) is 18.2 Å². The van der Waals surface area contributed by atoms with Gasteiger partial charge in [-0.25, -0.2) is 9.18 Å². The molecule has 1 aromatic rings. The van der Waals surface area contributed by atoms with Gasteiger partial charge in [-0.05, 0) is 38.4 Å². The van der Waals surface area contributed by atoms with E-state index in [1.165, 1.54) is 7.11 Å². The van der Waals surface area contributed by atoms with Gasteiger partial charge in [0, 0.05) is 12.2 Å². The van der Waals surface area contributed by atoms with Crippen molar-refractivity contribution in [2.45, 2.75) is 32.0 Å². The zero-order chi connectivity index (χ0) is 13.8. The van der Waals surface area contributed by atoms with E-state index in [2.05, 4.69) is 9.72 Å². The highest BCUT2D eigenvalue weighted by Gasteiger charge is 2.31. The SMILES string of the molecule is COC(=O)C(F)CN1CCCC1c1cccc(C)n1. The highest BCUT2D eigenvalue weighted by atomic mass is 19.1. The third kappa shape index (κ3) is 3.29. The van der Waals surface area contributed by atoms with E-state index in [1.807, 2.05) is 30.0 Å². The van der Waals surface area contributed by atoms with Crippen LogP contribution in [0.25, 0.3) is 0 Å². The van der Waals surface area contributed by atoms with Crippen LogP contribution in [0.1, 0.15) is 30.3 Å². The smallest absolute Gasteiger partial charge is 0.341 e. The lowest BCUT2D eigenvalue weighted by atomic mass is 10.1. The fraction of sp³-hybridized carbons (Fsp3) is 0.571. The normalized spacial score (nSPS) is 21.3. The molecule has 0 spiro atoms. The number of methoxy groups -OCH3 is 1. The quantitative estimate of drug-likeness (QED) is 0.782. The highest BCUT2D eigenvalue weighted by molar-refractivity contribution is 5.74. The predicted octanol–water partition coefficient (Wildman–Crippen LogP) is 2.04. The standard InChI is InChI=1S/C14H19FN2O2/c1-10-5-3-6-12(16-10)13-7-4-8-17(13)9-11(15)14(18)19-2/h3,5-6,11,13H,4,7-9H2,1-2H3. The molecular weight excluding hydrogens is 247 g/mol. The lowest BCUT2D eigenvalue weighted by Crippen LogP contribution is -2.35. The van der Waals surface area contributed by atoms with Crippen LogP contribution in [-0.4, -0.2) is 42.2 Å². The Bertz CT molecular complexity index is 453. The number of carbonyl (C=O) groups is 1. The maximum atomic E-state index is 13.7. The van der Waals surface area contributed by atoms with Gasteiger partial charge in [-0.3, -0.25) is 9.88 Å². The number of pyridine rings is 1. The van der Waals surface area contributed by atoms with Crippen molar-refractivity contribution >= 4 is 5.97 Å². The molecule has 0 bridgehead atoms. The van der Waals surface area contributed by atoms with Gasteiger partial charge >= 0.3 is 5.97 Å². The Morgan fingerprint density at radius 1 is 1.63 bits per heavy atom. The molecule has 0 saturated carbocycles. The van der Waals surface area contributed by atoms with E-state index in [0.717, 1.165) is 30.8 Å². The Kier molecular flexibility index (Phi) is 4.47. The number of halogens is 1. The molecule has 2 unspecified atom stereocenters. The first kappa shape index (κ1) is 13.9. The molecule has 2 rings (SSSR count). The summed E-state index contributed by atoms with van der Waals surface area (Å²) >= 11 is 0. The number of aryl methyl sites for hydroxylation is 1. The molecule has 1 saturated heterocycles. The van der Waals surface area contributed by atoms with E-state index in [0.29, 0.717) is 0 Å². The predicted molar refractivity (Wildman–Crippen MR) is 69.4 cm³/mol. The molecule has 0 radical (unpaired) electrons. The van der Waals surface area contributed by atoms with Crippen LogP contribution < -0.4 is 0 Å². The van der Waals surface area contributed by atoms with Gasteiger partial charge in [-0.15, -0.1) is 0 Å². The molecule has 19 heavy (non-hydrogen) atoms. The van der Waals surface area contributed by atoms with Gasteiger partial charge in [0.05, 0.1) is 18.8 Å². The molecule has 0 aliphatic carbocycles. The number of hydrogen-bond donors (Lipinski definition) is 0. The average Bonchev–Trinajstić information content (AvgIpc) is 2.85. The molecule has 5 heteroatoms.